The van der Waals surface area contributed by atoms with Crippen molar-refractivity contribution in [2.45, 2.75) is 53.0 Å². The summed E-state index contributed by atoms with van der Waals surface area (Å²) in [6, 6.07) is 0. The van der Waals surface area contributed by atoms with E-state index in [1.54, 1.807) is 0 Å². The summed E-state index contributed by atoms with van der Waals surface area (Å²) in [4.78, 5) is 0. The lowest BCUT2D eigenvalue weighted by atomic mass is 9.62. The Bertz CT molecular complexity index is 156. The van der Waals surface area contributed by atoms with Crippen LogP contribution in [0.1, 0.15) is 47.5 Å². The highest BCUT2D eigenvalue weighted by atomic mass is 28.1. The quantitative estimate of drug-likeness (QED) is 0.508. The molecule has 1 aliphatic rings. The van der Waals surface area contributed by atoms with Crippen LogP contribution in [-0.2, 0) is 0 Å². The maximum absolute atomic E-state index is 2.52. The molecule has 0 aromatic heterocycles. The molecule has 3 atom stereocenters. The molecule has 1 aliphatic carbocycles. The molecule has 0 bridgehead atoms. The Morgan fingerprint density at radius 2 is 1.75 bits per heavy atom. The smallest absolute Gasteiger partial charge is 0.00746 e. The van der Waals surface area contributed by atoms with E-state index in [4.69, 9.17) is 0 Å². The molecule has 0 spiro atoms. The number of hydrogen-bond acceptors (Lipinski definition) is 0. The fourth-order valence-corrected chi connectivity index (χ4v) is 4.83. The predicted molar refractivity (Wildman–Crippen MR) is 59.6 cm³/mol. The van der Waals surface area contributed by atoms with Crippen LogP contribution in [0.5, 0.6) is 0 Å². The average molecular weight is 184 g/mol. The molecular weight excluding hydrogens is 160 g/mol. The molecule has 0 aromatic rings. The zero-order valence-electron chi connectivity index (χ0n) is 9.57. The molecule has 0 aromatic carbocycles. The van der Waals surface area contributed by atoms with Gasteiger partial charge < -0.3 is 0 Å². The summed E-state index contributed by atoms with van der Waals surface area (Å²) in [5.41, 5.74) is 2.14. The SMILES string of the molecule is CC1CCC([SiH3])C1(C)C(C)(C)C. The standard InChI is InChI=1S/C11H24Si/c1-8-6-7-9(12)11(8,5)10(2,3)4/h8-9H,6-7H2,1-5,12H3. The molecule has 1 heteroatoms. The monoisotopic (exact) mass is 184 g/mol. The zero-order valence-corrected chi connectivity index (χ0v) is 11.6. The van der Waals surface area contributed by atoms with E-state index in [0.29, 0.717) is 10.8 Å². The van der Waals surface area contributed by atoms with Crippen LogP contribution in [-0.4, -0.2) is 10.2 Å². The van der Waals surface area contributed by atoms with Crippen molar-refractivity contribution < 1.29 is 0 Å². The Morgan fingerprint density at radius 1 is 1.25 bits per heavy atom. The van der Waals surface area contributed by atoms with Gasteiger partial charge in [0.2, 0.25) is 0 Å². The Balaban J connectivity index is 2.94. The summed E-state index contributed by atoms with van der Waals surface area (Å²) in [5.74, 6) is 0.931. The largest absolute Gasteiger partial charge is 0.0620 e. The van der Waals surface area contributed by atoms with Crippen LogP contribution >= 0.6 is 0 Å². The molecule has 0 heterocycles. The highest BCUT2D eigenvalue weighted by Gasteiger charge is 2.49. The van der Waals surface area contributed by atoms with Crippen LogP contribution in [0.3, 0.4) is 0 Å². The Labute approximate surface area is 80.6 Å². The fourth-order valence-electron chi connectivity index (χ4n) is 3.06. The minimum absolute atomic E-state index is 0.495. The lowest BCUT2D eigenvalue weighted by molar-refractivity contribution is 0.0701. The third-order valence-corrected chi connectivity index (χ3v) is 6.47. The van der Waals surface area contributed by atoms with Gasteiger partial charge in [0.15, 0.2) is 0 Å². The summed E-state index contributed by atoms with van der Waals surface area (Å²) in [6.45, 7) is 12.2. The molecule has 0 saturated heterocycles. The summed E-state index contributed by atoms with van der Waals surface area (Å²) in [7, 11) is 1.38. The summed E-state index contributed by atoms with van der Waals surface area (Å²) >= 11 is 0. The van der Waals surface area contributed by atoms with Crippen LogP contribution in [0, 0.1) is 16.7 Å². The van der Waals surface area contributed by atoms with E-state index in [9.17, 15) is 0 Å². The molecule has 3 unspecified atom stereocenters. The number of hydrogen-bond donors (Lipinski definition) is 0. The van der Waals surface area contributed by atoms with Crippen LogP contribution in [0.2, 0.25) is 5.54 Å². The lowest BCUT2D eigenvalue weighted by Crippen LogP contribution is -2.38. The van der Waals surface area contributed by atoms with Gasteiger partial charge in [-0.1, -0.05) is 47.5 Å². The van der Waals surface area contributed by atoms with Crippen molar-refractivity contribution in [2.24, 2.45) is 16.7 Å². The lowest BCUT2D eigenvalue weighted by Gasteiger charge is -2.46. The van der Waals surface area contributed by atoms with Crippen LogP contribution in [0.4, 0.5) is 0 Å². The topological polar surface area (TPSA) is 0 Å². The second kappa shape index (κ2) is 2.86. The summed E-state index contributed by atoms with van der Waals surface area (Å²) < 4.78 is 0. The van der Waals surface area contributed by atoms with Gasteiger partial charge in [-0.25, -0.2) is 0 Å². The minimum Gasteiger partial charge on any atom is -0.0620 e. The predicted octanol–water partition coefficient (Wildman–Crippen LogP) is 2.62. The first-order valence-corrected chi connectivity index (χ1v) is 6.45. The summed E-state index contributed by atoms with van der Waals surface area (Å²) in [6.07, 6.45) is 2.95. The van der Waals surface area contributed by atoms with Gasteiger partial charge in [-0.2, -0.15) is 0 Å². The second-order valence-corrected chi connectivity index (χ2v) is 7.31. The van der Waals surface area contributed by atoms with E-state index in [0.717, 1.165) is 11.5 Å². The van der Waals surface area contributed by atoms with Gasteiger partial charge in [-0.3, -0.25) is 0 Å². The van der Waals surface area contributed by atoms with Crippen molar-refractivity contribution >= 4 is 10.2 Å². The van der Waals surface area contributed by atoms with Gasteiger partial charge in [-0.15, -0.1) is 0 Å². The molecule has 0 nitrogen and oxygen atoms in total. The van der Waals surface area contributed by atoms with E-state index in [-0.39, 0.29) is 0 Å². The van der Waals surface area contributed by atoms with Crippen molar-refractivity contribution in [3.05, 3.63) is 0 Å². The minimum atomic E-state index is 0.495. The molecular formula is C11H24Si. The number of rotatable bonds is 0. The third-order valence-electron chi connectivity index (χ3n) is 4.70. The average Bonchev–Trinajstić information content (AvgIpc) is 2.16. The maximum atomic E-state index is 2.52. The first kappa shape index (κ1) is 10.3. The molecule has 0 N–H and O–H groups in total. The third kappa shape index (κ3) is 1.26. The highest BCUT2D eigenvalue weighted by molar-refractivity contribution is 6.12. The second-order valence-electron chi connectivity index (χ2n) is 5.91. The van der Waals surface area contributed by atoms with Crippen molar-refractivity contribution in [2.75, 3.05) is 0 Å². The van der Waals surface area contributed by atoms with Crippen molar-refractivity contribution in [3.63, 3.8) is 0 Å². The van der Waals surface area contributed by atoms with Crippen LogP contribution in [0.25, 0.3) is 0 Å². The van der Waals surface area contributed by atoms with Gasteiger partial charge in [-0.05, 0) is 22.3 Å². The first-order chi connectivity index (χ1) is 5.30. The first-order valence-electron chi connectivity index (χ1n) is 5.30. The molecule has 0 aliphatic heterocycles. The van der Waals surface area contributed by atoms with E-state index in [1.165, 1.54) is 23.1 Å². The Kier molecular flexibility index (Phi) is 2.46. The van der Waals surface area contributed by atoms with E-state index in [1.807, 2.05) is 0 Å². The van der Waals surface area contributed by atoms with Gasteiger partial charge >= 0.3 is 0 Å². The van der Waals surface area contributed by atoms with Crippen LogP contribution in [0.15, 0.2) is 0 Å². The van der Waals surface area contributed by atoms with Gasteiger partial charge in [0, 0.05) is 10.2 Å². The van der Waals surface area contributed by atoms with E-state index >= 15 is 0 Å². The van der Waals surface area contributed by atoms with Gasteiger partial charge in [0.05, 0.1) is 0 Å². The summed E-state index contributed by atoms with van der Waals surface area (Å²) in [5, 5.41) is 0. The molecule has 0 amide bonds. The molecule has 1 fully saturated rings. The molecule has 72 valence electrons. The van der Waals surface area contributed by atoms with Crippen molar-refractivity contribution in [1.82, 2.24) is 0 Å². The zero-order chi connectivity index (χ0) is 9.57. The van der Waals surface area contributed by atoms with Crippen LogP contribution < -0.4 is 0 Å². The molecule has 0 radical (unpaired) electrons. The molecule has 1 rings (SSSR count). The van der Waals surface area contributed by atoms with E-state index < -0.39 is 0 Å². The Morgan fingerprint density at radius 3 is 1.92 bits per heavy atom. The molecule has 12 heavy (non-hydrogen) atoms. The Hall–Kier alpha value is 0.217. The fraction of sp³-hybridized carbons (Fsp3) is 1.00. The van der Waals surface area contributed by atoms with Gasteiger partial charge in [0.25, 0.3) is 0 Å². The normalized spacial score (nSPS) is 43.8. The molecule has 1 saturated carbocycles. The highest BCUT2D eigenvalue weighted by Crippen LogP contribution is 2.59. The van der Waals surface area contributed by atoms with E-state index in [2.05, 4.69) is 34.6 Å². The van der Waals surface area contributed by atoms with Gasteiger partial charge in [0.1, 0.15) is 0 Å². The van der Waals surface area contributed by atoms with Crippen molar-refractivity contribution in [1.29, 1.82) is 0 Å². The maximum Gasteiger partial charge on any atom is 0.00746 e. The van der Waals surface area contributed by atoms with Crippen molar-refractivity contribution in [3.8, 4) is 0 Å².